The summed E-state index contributed by atoms with van der Waals surface area (Å²) in [6, 6.07) is 5.27. The Labute approximate surface area is 488 Å². The standard InChI is InChI=1S/C50H70N16O10.C3H8.C2H6.H2S/c1-61(17-9-12-42(68)76-60-35-15-18-65(30-35)50-56-44(43-46(58-50)62(2)33-53-43)54-38-31-63(3)59-48(38)71-6)19-21-73-23-25-75-27-26-74-24-22-72-20-16-51-47(69)34-13-14-37(40(28-34)70-5)55-49-52-29-39-45(57-49)66(32-41(67)64(39)4)36-10-7-8-11-36;1-3-2;1-2;/h9,12-14,28-29,31,33,35-36,60H,7-8,10-11,15-27,30,32H2,1-6H3,(H,51,69)(H,52,55,57)(H,54,56,58);3H2,1-2H3;1-2H3;1H2/b12-9+;;;. The van der Waals surface area contributed by atoms with Crippen LogP contribution in [0.3, 0.4) is 0 Å². The van der Waals surface area contributed by atoms with Crippen molar-refractivity contribution in [3.63, 3.8) is 0 Å². The predicted molar refractivity (Wildman–Crippen MR) is 320 cm³/mol. The van der Waals surface area contributed by atoms with Gasteiger partial charge in [-0.25, -0.2) is 14.8 Å². The molecule has 0 spiro atoms. The van der Waals surface area contributed by atoms with E-state index in [1.165, 1.54) is 19.6 Å². The van der Waals surface area contributed by atoms with E-state index in [1.807, 2.05) is 49.4 Å². The average Bonchev–Trinajstić information content (AvgIpc) is 4.47. The summed E-state index contributed by atoms with van der Waals surface area (Å²) < 4.78 is 37.0. The number of methoxy groups -OCH3 is 2. The third kappa shape index (κ3) is 19.1. The Bertz CT molecular complexity index is 2800. The fraction of sp³-hybridized carbons (Fsp3) is 0.582. The van der Waals surface area contributed by atoms with Gasteiger partial charge in [0.2, 0.25) is 17.8 Å². The lowest BCUT2D eigenvalue weighted by Crippen LogP contribution is -2.48. The number of benzene rings is 1. The summed E-state index contributed by atoms with van der Waals surface area (Å²) in [5, 5.41) is 13.7. The summed E-state index contributed by atoms with van der Waals surface area (Å²) in [6.45, 7) is 14.6. The van der Waals surface area contributed by atoms with Gasteiger partial charge in [-0.2, -0.15) is 28.4 Å². The number of rotatable bonds is 29. The Balaban J connectivity index is 0.00000199. The minimum Gasteiger partial charge on any atom is -0.495 e. The number of imidazole rings is 1. The quantitative estimate of drug-likeness (QED) is 0.0269. The number of aryl methyl sites for hydroxylation is 2. The fourth-order valence-electron chi connectivity index (χ4n) is 8.92. The van der Waals surface area contributed by atoms with Crippen molar-refractivity contribution < 1.29 is 47.6 Å². The molecule has 6 heterocycles. The van der Waals surface area contributed by atoms with Gasteiger partial charge in [0.15, 0.2) is 22.8 Å². The van der Waals surface area contributed by atoms with Gasteiger partial charge in [-0.3, -0.25) is 14.3 Å². The average molecular weight is 1160 g/mol. The molecule has 27 heteroatoms. The van der Waals surface area contributed by atoms with Crippen molar-refractivity contribution in [2.45, 2.75) is 78.3 Å². The molecule has 8 rings (SSSR count). The van der Waals surface area contributed by atoms with E-state index in [-0.39, 0.29) is 43.9 Å². The molecule has 3 aliphatic rings. The number of anilines is 7. The lowest BCUT2D eigenvalue weighted by Gasteiger charge is -2.37. The normalized spacial score (nSPS) is 15.0. The smallest absolute Gasteiger partial charge is 0.349 e. The van der Waals surface area contributed by atoms with Gasteiger partial charge in [0.1, 0.15) is 17.1 Å². The molecule has 0 bridgehead atoms. The van der Waals surface area contributed by atoms with Gasteiger partial charge < -0.3 is 73.4 Å². The van der Waals surface area contributed by atoms with Crippen molar-refractivity contribution >= 4 is 83.0 Å². The van der Waals surface area contributed by atoms with Gasteiger partial charge in [0.25, 0.3) is 11.8 Å². The highest BCUT2D eigenvalue weighted by atomic mass is 32.1. The van der Waals surface area contributed by atoms with E-state index >= 15 is 0 Å². The molecule has 5 aromatic rings. The van der Waals surface area contributed by atoms with Crippen LogP contribution in [0.4, 0.5) is 40.6 Å². The van der Waals surface area contributed by atoms with Gasteiger partial charge in [0, 0.05) is 71.5 Å². The van der Waals surface area contributed by atoms with Crippen molar-refractivity contribution in [3.05, 3.63) is 54.6 Å². The first-order chi connectivity index (χ1) is 39.4. The topological polar surface area (TPSA) is 264 Å². The molecule has 4 aromatic heterocycles. The Morgan fingerprint density at radius 3 is 2.24 bits per heavy atom. The molecule has 2 amide bonds. The number of hydrogen-bond donors (Lipinski definition) is 4. The maximum Gasteiger partial charge on any atom is 0.349 e. The number of aromatic nitrogens is 8. The molecule has 0 radical (unpaired) electrons. The van der Waals surface area contributed by atoms with Gasteiger partial charge in [-0.15, -0.1) is 10.6 Å². The molecule has 1 aromatic carbocycles. The van der Waals surface area contributed by atoms with E-state index < -0.39 is 5.97 Å². The van der Waals surface area contributed by atoms with Gasteiger partial charge in [0.05, 0.1) is 104 Å². The minimum absolute atomic E-state index is 0. The molecule has 26 nitrogen and oxygen atoms in total. The Morgan fingerprint density at radius 2 is 1.55 bits per heavy atom. The molecule has 1 unspecified atom stereocenters. The van der Waals surface area contributed by atoms with Crippen molar-refractivity contribution in [3.8, 4) is 11.6 Å². The summed E-state index contributed by atoms with van der Waals surface area (Å²) in [7, 11) is 10.5. The zero-order valence-electron chi connectivity index (χ0n) is 49.4. The van der Waals surface area contributed by atoms with Gasteiger partial charge in [-0.05, 0) is 44.5 Å². The lowest BCUT2D eigenvalue weighted by molar-refractivity contribution is -0.146. The van der Waals surface area contributed by atoms with Crippen LogP contribution in [-0.2, 0) is 47.5 Å². The van der Waals surface area contributed by atoms with Crippen LogP contribution < -0.4 is 45.6 Å². The van der Waals surface area contributed by atoms with Crippen LogP contribution in [-0.4, -0.2) is 194 Å². The van der Waals surface area contributed by atoms with Crippen LogP contribution >= 0.6 is 13.5 Å². The Morgan fingerprint density at radius 1 is 0.854 bits per heavy atom. The molecule has 452 valence electrons. The fourth-order valence-corrected chi connectivity index (χ4v) is 8.92. The molecular formula is C55H86N16O10S. The second kappa shape index (κ2) is 34.5. The number of hydroxylamine groups is 1. The van der Waals surface area contributed by atoms with Crippen molar-refractivity contribution in [1.29, 1.82) is 0 Å². The SMILES string of the molecule is CC.CCC.COc1cc(C(=O)NCCOCCOCCOCCOCCN(C)C/C=C/C(=O)ONC2CCN(c3nc(Nc4cn(C)nc4OC)c4ncn(C)c4n3)C2)ccc1Nc1ncc2c(n1)N(C1CCCC1)CC(=O)N2C.S. The summed E-state index contributed by atoms with van der Waals surface area (Å²) >= 11 is 0. The third-order valence-electron chi connectivity index (χ3n) is 13.1. The van der Waals surface area contributed by atoms with E-state index in [0.29, 0.717) is 149 Å². The Hall–Kier alpha value is -6.88. The van der Waals surface area contributed by atoms with E-state index in [2.05, 4.69) is 55.2 Å². The van der Waals surface area contributed by atoms with E-state index in [1.54, 1.807) is 66.7 Å². The van der Waals surface area contributed by atoms with Crippen molar-refractivity contribution in [1.82, 2.24) is 55.0 Å². The van der Waals surface area contributed by atoms with E-state index in [4.69, 9.17) is 48.2 Å². The summed E-state index contributed by atoms with van der Waals surface area (Å²) in [5.41, 5.74) is 6.55. The van der Waals surface area contributed by atoms with Crippen LogP contribution in [0.2, 0.25) is 0 Å². The number of amides is 2. The number of nitrogens with zero attached hydrogens (tertiary/aromatic N) is 12. The summed E-state index contributed by atoms with van der Waals surface area (Å²) in [6.07, 6.45) is 14.6. The third-order valence-corrected chi connectivity index (χ3v) is 13.1. The number of fused-ring (bicyclic) bond motifs is 2. The summed E-state index contributed by atoms with van der Waals surface area (Å²) in [4.78, 5) is 74.6. The zero-order valence-corrected chi connectivity index (χ0v) is 50.4. The zero-order chi connectivity index (χ0) is 58.1. The van der Waals surface area contributed by atoms with Crippen molar-refractivity contribution in [2.75, 3.05) is 146 Å². The first-order valence-electron chi connectivity index (χ1n) is 27.9. The van der Waals surface area contributed by atoms with Crippen LogP contribution in [0.15, 0.2) is 49.1 Å². The van der Waals surface area contributed by atoms with Gasteiger partial charge >= 0.3 is 5.97 Å². The molecular weight excluding hydrogens is 1080 g/mol. The maximum atomic E-state index is 12.9. The molecule has 1 aliphatic carbocycles. The van der Waals surface area contributed by atoms with Gasteiger partial charge in [-0.1, -0.05) is 53.0 Å². The van der Waals surface area contributed by atoms with Crippen molar-refractivity contribution in [2.24, 2.45) is 14.1 Å². The molecule has 2 aliphatic heterocycles. The number of hydrogen-bond acceptors (Lipinski definition) is 22. The molecule has 2 fully saturated rings. The highest BCUT2D eigenvalue weighted by Gasteiger charge is 2.35. The lowest BCUT2D eigenvalue weighted by atomic mass is 10.1. The number of carbonyl (C=O) groups is 3. The number of ether oxygens (including phenoxy) is 6. The second-order valence-corrected chi connectivity index (χ2v) is 19.3. The minimum atomic E-state index is -0.488. The molecule has 4 N–H and O–H groups in total. The number of carbonyl (C=O) groups excluding carboxylic acids is 3. The highest BCUT2D eigenvalue weighted by molar-refractivity contribution is 7.59. The summed E-state index contributed by atoms with van der Waals surface area (Å²) in [5.74, 6) is 2.30. The molecule has 1 saturated carbocycles. The number of nitrogens with one attached hydrogen (secondary N) is 4. The second-order valence-electron chi connectivity index (χ2n) is 19.3. The molecule has 82 heavy (non-hydrogen) atoms. The van der Waals surface area contributed by atoms with E-state index in [9.17, 15) is 14.4 Å². The highest BCUT2D eigenvalue weighted by Crippen LogP contribution is 2.38. The molecule has 1 atom stereocenters. The number of likely N-dealkylation sites (N-methyl/N-ethyl adjacent to an activating group) is 2. The maximum absolute atomic E-state index is 12.9. The molecule has 1 saturated heterocycles. The van der Waals surface area contributed by atoms with E-state index in [0.717, 1.165) is 37.9 Å². The Kier molecular flexibility index (Phi) is 27.8. The van der Waals surface area contributed by atoms with Crippen LogP contribution in [0.5, 0.6) is 11.6 Å². The monoisotopic (exact) mass is 1160 g/mol. The largest absolute Gasteiger partial charge is 0.495 e. The van der Waals surface area contributed by atoms with Crippen LogP contribution in [0, 0.1) is 0 Å². The van der Waals surface area contributed by atoms with Crippen LogP contribution in [0.1, 0.15) is 76.6 Å². The predicted octanol–water partition coefficient (Wildman–Crippen LogP) is 5.28. The first-order valence-corrected chi connectivity index (χ1v) is 27.9. The van der Waals surface area contributed by atoms with Crippen LogP contribution in [0.25, 0.3) is 11.2 Å². The first kappa shape index (κ1) is 65.9.